The topological polar surface area (TPSA) is 79.4 Å². The van der Waals surface area contributed by atoms with E-state index in [2.05, 4.69) is 10.3 Å². The van der Waals surface area contributed by atoms with Gasteiger partial charge in [0.15, 0.2) is 5.13 Å². The molecule has 6 nitrogen and oxygen atoms in total. The van der Waals surface area contributed by atoms with Crippen LogP contribution in [-0.2, 0) is 14.8 Å². The highest BCUT2D eigenvalue weighted by molar-refractivity contribution is 7.91. The molecule has 1 aliphatic heterocycles. The molecule has 10 heteroatoms. The molecule has 2 aromatic carbocycles. The number of hydrogen-bond acceptors (Lipinski definition) is 6. The van der Waals surface area contributed by atoms with Gasteiger partial charge < -0.3 is 5.32 Å². The van der Waals surface area contributed by atoms with Crippen molar-refractivity contribution in [2.24, 2.45) is 5.92 Å². The molecule has 0 radical (unpaired) electrons. The van der Waals surface area contributed by atoms with Crippen molar-refractivity contribution in [3.8, 4) is 0 Å². The Bertz CT molecular complexity index is 1400. The summed E-state index contributed by atoms with van der Waals surface area (Å²) in [5, 5.41) is 5.66. The molecule has 0 spiro atoms. The van der Waals surface area contributed by atoms with Crippen LogP contribution in [0.4, 0.5) is 5.13 Å². The van der Waals surface area contributed by atoms with E-state index in [1.54, 1.807) is 6.07 Å². The number of sulfonamides is 1. The molecule has 1 atom stereocenters. The SMILES string of the molecule is O=C(Nc1nc2ccc3ccccc3c2s1)C1CCCN(S(=O)(=O)c2ccc(Cl)s2)C1. The summed E-state index contributed by atoms with van der Waals surface area (Å²) in [5.74, 6) is -0.629. The first-order chi connectivity index (χ1) is 14.9. The first-order valence-electron chi connectivity index (χ1n) is 9.76. The molecule has 1 N–H and O–H groups in total. The van der Waals surface area contributed by atoms with Crippen LogP contribution in [0.1, 0.15) is 12.8 Å². The number of hydrogen-bond donors (Lipinski definition) is 1. The molecule has 0 bridgehead atoms. The molecule has 2 aromatic heterocycles. The average molecular weight is 492 g/mol. The zero-order chi connectivity index (χ0) is 21.6. The van der Waals surface area contributed by atoms with E-state index in [1.165, 1.54) is 21.7 Å². The normalized spacial score (nSPS) is 17.9. The van der Waals surface area contributed by atoms with Crippen molar-refractivity contribution in [2.75, 3.05) is 18.4 Å². The van der Waals surface area contributed by atoms with Gasteiger partial charge in [-0.25, -0.2) is 13.4 Å². The summed E-state index contributed by atoms with van der Waals surface area (Å²) in [6, 6.07) is 15.1. The van der Waals surface area contributed by atoms with Crippen molar-refractivity contribution in [3.63, 3.8) is 0 Å². The van der Waals surface area contributed by atoms with Gasteiger partial charge >= 0.3 is 0 Å². The first-order valence-corrected chi connectivity index (χ1v) is 13.2. The maximum absolute atomic E-state index is 12.9. The molecule has 0 aliphatic carbocycles. The maximum Gasteiger partial charge on any atom is 0.252 e. The fraction of sp³-hybridized carbons (Fsp3) is 0.238. The van der Waals surface area contributed by atoms with Crippen LogP contribution in [0.25, 0.3) is 21.0 Å². The number of halogens is 1. The predicted octanol–water partition coefficient (Wildman–Crippen LogP) is 5.20. The third-order valence-corrected chi connectivity index (χ3v) is 9.99. The van der Waals surface area contributed by atoms with E-state index in [-0.39, 0.29) is 16.7 Å². The van der Waals surface area contributed by atoms with Gasteiger partial charge in [0, 0.05) is 18.5 Å². The zero-order valence-electron chi connectivity index (χ0n) is 16.2. The maximum atomic E-state index is 12.9. The minimum Gasteiger partial charge on any atom is -0.302 e. The number of thiazole rings is 1. The van der Waals surface area contributed by atoms with Crippen molar-refractivity contribution < 1.29 is 13.2 Å². The van der Waals surface area contributed by atoms with E-state index >= 15 is 0 Å². The molecule has 5 rings (SSSR count). The summed E-state index contributed by atoms with van der Waals surface area (Å²) in [5.41, 5.74) is 0.835. The lowest BCUT2D eigenvalue weighted by Gasteiger charge is -2.30. The third kappa shape index (κ3) is 3.96. The second-order valence-corrected chi connectivity index (χ2v) is 12.3. The van der Waals surface area contributed by atoms with E-state index in [0.29, 0.717) is 28.9 Å². The summed E-state index contributed by atoms with van der Waals surface area (Å²) >= 11 is 8.38. The smallest absolute Gasteiger partial charge is 0.252 e. The molecule has 1 amide bonds. The Morgan fingerprint density at radius 1 is 1.13 bits per heavy atom. The van der Waals surface area contributed by atoms with E-state index in [4.69, 9.17) is 11.6 Å². The number of piperidine rings is 1. The van der Waals surface area contributed by atoms with Crippen molar-refractivity contribution >= 4 is 76.3 Å². The van der Waals surface area contributed by atoms with Gasteiger partial charge in [-0.2, -0.15) is 4.31 Å². The molecule has 4 aromatic rings. The standard InChI is InChI=1S/C21H18ClN3O3S3/c22-17-9-10-18(29-17)31(27,28)25-11-3-5-14(12-25)20(26)24-21-23-16-8-7-13-4-1-2-6-15(13)19(16)30-21/h1-2,4,6-10,14H,3,5,11-12H2,(H,23,24,26). The van der Waals surface area contributed by atoms with Crippen molar-refractivity contribution in [1.29, 1.82) is 0 Å². The fourth-order valence-corrected chi connectivity index (χ4v) is 8.02. The Kier molecular flexibility index (Phi) is 5.47. The quantitative estimate of drug-likeness (QED) is 0.425. The van der Waals surface area contributed by atoms with E-state index in [9.17, 15) is 13.2 Å². The van der Waals surface area contributed by atoms with Crippen LogP contribution in [0.3, 0.4) is 0 Å². The highest BCUT2D eigenvalue weighted by Crippen LogP contribution is 2.34. The Morgan fingerprint density at radius 2 is 1.97 bits per heavy atom. The number of carbonyl (C=O) groups is 1. The first kappa shape index (κ1) is 20.8. The lowest BCUT2D eigenvalue weighted by molar-refractivity contribution is -0.120. The molecule has 1 aliphatic rings. The lowest BCUT2D eigenvalue weighted by atomic mass is 9.99. The van der Waals surface area contributed by atoms with Gasteiger partial charge in [-0.3, -0.25) is 4.79 Å². The molecule has 31 heavy (non-hydrogen) atoms. The van der Waals surface area contributed by atoms with Gasteiger partial charge in [0.1, 0.15) is 4.21 Å². The highest BCUT2D eigenvalue weighted by atomic mass is 35.5. The molecular formula is C21H18ClN3O3S3. The van der Waals surface area contributed by atoms with Crippen molar-refractivity contribution in [1.82, 2.24) is 9.29 Å². The molecule has 0 saturated carbocycles. The molecule has 1 fully saturated rings. The van der Waals surface area contributed by atoms with Gasteiger partial charge in [0.05, 0.1) is 20.5 Å². The van der Waals surface area contributed by atoms with Gasteiger partial charge in [-0.05, 0) is 36.4 Å². The largest absolute Gasteiger partial charge is 0.302 e. The van der Waals surface area contributed by atoms with Gasteiger partial charge in [0.2, 0.25) is 5.91 Å². The van der Waals surface area contributed by atoms with Gasteiger partial charge in [-0.1, -0.05) is 53.3 Å². The number of thiophene rings is 1. The molecule has 1 unspecified atom stereocenters. The number of amides is 1. The Labute approximate surface area is 192 Å². The van der Waals surface area contributed by atoms with Crippen LogP contribution < -0.4 is 5.32 Å². The Balaban J connectivity index is 1.35. The highest BCUT2D eigenvalue weighted by Gasteiger charge is 2.34. The van der Waals surface area contributed by atoms with Crippen molar-refractivity contribution in [2.45, 2.75) is 17.1 Å². The zero-order valence-corrected chi connectivity index (χ0v) is 19.5. The van der Waals surface area contributed by atoms with Gasteiger partial charge in [0.25, 0.3) is 10.0 Å². The summed E-state index contributed by atoms with van der Waals surface area (Å²) in [6.07, 6.45) is 1.26. The van der Waals surface area contributed by atoms with Gasteiger partial charge in [-0.15, -0.1) is 11.3 Å². The second-order valence-electron chi connectivity index (χ2n) is 7.40. The van der Waals surface area contributed by atoms with E-state index in [1.807, 2.05) is 36.4 Å². The number of benzene rings is 2. The Morgan fingerprint density at radius 3 is 2.77 bits per heavy atom. The second kappa shape index (κ2) is 8.14. The summed E-state index contributed by atoms with van der Waals surface area (Å²) < 4.78 is 28.8. The monoisotopic (exact) mass is 491 g/mol. The summed E-state index contributed by atoms with van der Waals surface area (Å²) in [4.78, 5) is 17.5. The van der Waals surface area contributed by atoms with E-state index < -0.39 is 15.9 Å². The molecule has 1 saturated heterocycles. The van der Waals surface area contributed by atoms with Crippen LogP contribution in [0.15, 0.2) is 52.7 Å². The van der Waals surface area contributed by atoms with Crippen LogP contribution in [0.2, 0.25) is 4.34 Å². The van der Waals surface area contributed by atoms with Crippen LogP contribution >= 0.6 is 34.3 Å². The minimum atomic E-state index is -3.65. The van der Waals surface area contributed by atoms with Crippen LogP contribution in [0.5, 0.6) is 0 Å². The number of carbonyl (C=O) groups excluding carboxylic acids is 1. The third-order valence-electron chi connectivity index (χ3n) is 5.41. The van der Waals surface area contributed by atoms with Crippen LogP contribution in [0, 0.1) is 5.92 Å². The van der Waals surface area contributed by atoms with Crippen molar-refractivity contribution in [3.05, 3.63) is 52.9 Å². The number of nitrogens with zero attached hydrogens (tertiary/aromatic N) is 2. The predicted molar refractivity (Wildman–Crippen MR) is 127 cm³/mol. The lowest BCUT2D eigenvalue weighted by Crippen LogP contribution is -2.43. The average Bonchev–Trinajstić information content (AvgIpc) is 3.40. The van der Waals surface area contributed by atoms with E-state index in [0.717, 1.165) is 32.3 Å². The molecule has 3 heterocycles. The number of nitrogens with one attached hydrogen (secondary N) is 1. The molecule has 160 valence electrons. The summed E-state index contributed by atoms with van der Waals surface area (Å²) in [7, 11) is -3.65. The van der Waals surface area contributed by atoms with Crippen LogP contribution in [-0.4, -0.2) is 36.7 Å². The minimum absolute atomic E-state index is 0.150. The number of rotatable bonds is 4. The summed E-state index contributed by atoms with van der Waals surface area (Å²) in [6.45, 7) is 0.548. The number of fused-ring (bicyclic) bond motifs is 3. The number of aromatic nitrogens is 1. The fourth-order valence-electron chi connectivity index (χ4n) is 3.85. The molecular weight excluding hydrogens is 474 g/mol. The number of anilines is 1. The Hall–Kier alpha value is -2.04.